The van der Waals surface area contributed by atoms with E-state index in [2.05, 4.69) is 42.6 Å². The van der Waals surface area contributed by atoms with E-state index in [9.17, 15) is 4.79 Å². The maximum absolute atomic E-state index is 12.5. The first kappa shape index (κ1) is 17.9. The van der Waals surface area contributed by atoms with E-state index in [1.54, 1.807) is 0 Å². The SMILES string of the molecule is CCN(CC)CCN(CC(C)C)C(=O)c1cnc(Cl)cn1. The second-order valence-corrected chi connectivity index (χ2v) is 5.78. The first-order valence-electron chi connectivity index (χ1n) is 7.47. The van der Waals surface area contributed by atoms with Crippen LogP contribution in [-0.2, 0) is 0 Å². The third-order valence-electron chi connectivity index (χ3n) is 3.29. The molecule has 5 nitrogen and oxygen atoms in total. The molecule has 6 heteroatoms. The first-order chi connectivity index (χ1) is 9.97. The van der Waals surface area contributed by atoms with E-state index in [-0.39, 0.29) is 5.91 Å². The van der Waals surface area contributed by atoms with Gasteiger partial charge in [-0.05, 0) is 19.0 Å². The number of rotatable bonds is 8. The second kappa shape index (κ2) is 8.95. The van der Waals surface area contributed by atoms with Gasteiger partial charge in [0.05, 0.1) is 12.4 Å². The van der Waals surface area contributed by atoms with Crippen LogP contribution in [0.2, 0.25) is 5.15 Å². The Morgan fingerprint density at radius 2 is 1.86 bits per heavy atom. The van der Waals surface area contributed by atoms with Crippen LogP contribution in [0, 0.1) is 5.92 Å². The molecule has 0 radical (unpaired) electrons. The van der Waals surface area contributed by atoms with Crippen LogP contribution in [0.1, 0.15) is 38.2 Å². The highest BCUT2D eigenvalue weighted by atomic mass is 35.5. The van der Waals surface area contributed by atoms with Crippen LogP contribution >= 0.6 is 11.6 Å². The van der Waals surface area contributed by atoms with E-state index < -0.39 is 0 Å². The minimum Gasteiger partial charge on any atom is -0.336 e. The maximum Gasteiger partial charge on any atom is 0.274 e. The molecule has 0 fully saturated rings. The van der Waals surface area contributed by atoms with Crippen molar-refractivity contribution >= 4 is 17.5 Å². The summed E-state index contributed by atoms with van der Waals surface area (Å²) in [5, 5.41) is 0.296. The summed E-state index contributed by atoms with van der Waals surface area (Å²) >= 11 is 5.72. The summed E-state index contributed by atoms with van der Waals surface area (Å²) in [5.74, 6) is 0.325. The van der Waals surface area contributed by atoms with Crippen LogP contribution in [0.4, 0.5) is 0 Å². The van der Waals surface area contributed by atoms with Gasteiger partial charge in [0.2, 0.25) is 0 Å². The van der Waals surface area contributed by atoms with E-state index in [4.69, 9.17) is 11.6 Å². The zero-order valence-corrected chi connectivity index (χ0v) is 14.1. The maximum atomic E-state index is 12.5. The highest BCUT2D eigenvalue weighted by Gasteiger charge is 2.19. The Morgan fingerprint density at radius 1 is 1.19 bits per heavy atom. The molecule has 118 valence electrons. The molecular formula is C15H25ClN4O. The smallest absolute Gasteiger partial charge is 0.274 e. The number of amides is 1. The monoisotopic (exact) mass is 312 g/mol. The van der Waals surface area contributed by atoms with Crippen LogP contribution in [0.15, 0.2) is 12.4 Å². The summed E-state index contributed by atoms with van der Waals surface area (Å²) in [5.41, 5.74) is 0.347. The van der Waals surface area contributed by atoms with Crippen molar-refractivity contribution in [1.82, 2.24) is 19.8 Å². The van der Waals surface area contributed by atoms with Gasteiger partial charge in [0.1, 0.15) is 10.8 Å². The summed E-state index contributed by atoms with van der Waals surface area (Å²) < 4.78 is 0. The predicted molar refractivity (Wildman–Crippen MR) is 85.6 cm³/mol. The fraction of sp³-hybridized carbons (Fsp3) is 0.667. The summed E-state index contributed by atoms with van der Waals surface area (Å²) in [6, 6.07) is 0. The molecule has 0 saturated heterocycles. The third-order valence-corrected chi connectivity index (χ3v) is 3.49. The van der Waals surface area contributed by atoms with Gasteiger partial charge in [-0.3, -0.25) is 4.79 Å². The van der Waals surface area contributed by atoms with Crippen molar-refractivity contribution in [1.29, 1.82) is 0 Å². The molecule has 0 unspecified atom stereocenters. The van der Waals surface area contributed by atoms with Crippen molar-refractivity contribution in [2.24, 2.45) is 5.92 Å². The molecule has 0 bridgehead atoms. The van der Waals surface area contributed by atoms with E-state index in [1.165, 1.54) is 12.4 Å². The highest BCUT2D eigenvalue weighted by Crippen LogP contribution is 2.07. The Labute approximate surface area is 132 Å². The largest absolute Gasteiger partial charge is 0.336 e. The lowest BCUT2D eigenvalue weighted by molar-refractivity contribution is 0.0710. The lowest BCUT2D eigenvalue weighted by Gasteiger charge is -2.27. The summed E-state index contributed by atoms with van der Waals surface area (Å²) in [4.78, 5) is 24.7. The topological polar surface area (TPSA) is 49.3 Å². The van der Waals surface area contributed by atoms with Crippen molar-refractivity contribution in [3.8, 4) is 0 Å². The average Bonchev–Trinajstić information content (AvgIpc) is 2.46. The fourth-order valence-electron chi connectivity index (χ4n) is 2.10. The first-order valence-corrected chi connectivity index (χ1v) is 7.84. The average molecular weight is 313 g/mol. The quantitative estimate of drug-likeness (QED) is 0.740. The number of hydrogen-bond donors (Lipinski definition) is 0. The number of hydrogen-bond acceptors (Lipinski definition) is 4. The molecule has 0 aliphatic heterocycles. The number of likely N-dealkylation sites (N-methyl/N-ethyl adjacent to an activating group) is 1. The van der Waals surface area contributed by atoms with Gasteiger partial charge in [0.15, 0.2) is 0 Å². The zero-order valence-electron chi connectivity index (χ0n) is 13.3. The minimum absolute atomic E-state index is 0.0833. The highest BCUT2D eigenvalue weighted by molar-refractivity contribution is 6.29. The number of aromatic nitrogens is 2. The third kappa shape index (κ3) is 5.98. The van der Waals surface area contributed by atoms with E-state index >= 15 is 0 Å². The van der Waals surface area contributed by atoms with Crippen LogP contribution in [0.3, 0.4) is 0 Å². The molecule has 1 rings (SSSR count). The Bertz CT molecular complexity index is 432. The predicted octanol–water partition coefficient (Wildman–Crippen LogP) is 2.57. The van der Waals surface area contributed by atoms with E-state index in [1.807, 2.05) is 4.90 Å². The Balaban J connectivity index is 2.76. The normalized spacial score (nSPS) is 11.2. The Kier molecular flexibility index (Phi) is 7.61. The summed E-state index contributed by atoms with van der Waals surface area (Å²) in [7, 11) is 0. The number of carbonyl (C=O) groups is 1. The van der Waals surface area contributed by atoms with Crippen molar-refractivity contribution in [2.45, 2.75) is 27.7 Å². The number of carbonyl (C=O) groups excluding carboxylic acids is 1. The van der Waals surface area contributed by atoms with Crippen molar-refractivity contribution < 1.29 is 4.79 Å². The molecule has 0 aromatic carbocycles. The molecular weight excluding hydrogens is 288 g/mol. The van der Waals surface area contributed by atoms with Gasteiger partial charge >= 0.3 is 0 Å². The second-order valence-electron chi connectivity index (χ2n) is 5.40. The van der Waals surface area contributed by atoms with Gasteiger partial charge in [-0.1, -0.05) is 39.3 Å². The van der Waals surface area contributed by atoms with Gasteiger partial charge < -0.3 is 9.80 Å². The van der Waals surface area contributed by atoms with Gasteiger partial charge in [0.25, 0.3) is 5.91 Å². The number of nitrogens with zero attached hydrogens (tertiary/aromatic N) is 4. The van der Waals surface area contributed by atoms with Crippen molar-refractivity contribution in [3.05, 3.63) is 23.2 Å². The summed E-state index contributed by atoms with van der Waals surface area (Å²) in [6.45, 7) is 12.7. The summed E-state index contributed by atoms with van der Waals surface area (Å²) in [6.07, 6.45) is 2.85. The molecule has 0 saturated carbocycles. The molecule has 0 aliphatic rings. The Morgan fingerprint density at radius 3 is 2.33 bits per heavy atom. The minimum atomic E-state index is -0.0833. The fourth-order valence-corrected chi connectivity index (χ4v) is 2.20. The van der Waals surface area contributed by atoms with Crippen LogP contribution in [0.5, 0.6) is 0 Å². The van der Waals surface area contributed by atoms with E-state index in [0.717, 1.165) is 19.6 Å². The van der Waals surface area contributed by atoms with Gasteiger partial charge in [-0.15, -0.1) is 0 Å². The van der Waals surface area contributed by atoms with Crippen LogP contribution in [-0.4, -0.2) is 58.4 Å². The lowest BCUT2D eigenvalue weighted by atomic mass is 10.2. The molecule has 0 N–H and O–H groups in total. The van der Waals surface area contributed by atoms with Crippen LogP contribution < -0.4 is 0 Å². The molecule has 21 heavy (non-hydrogen) atoms. The van der Waals surface area contributed by atoms with Crippen molar-refractivity contribution in [3.63, 3.8) is 0 Å². The van der Waals surface area contributed by atoms with Crippen molar-refractivity contribution in [2.75, 3.05) is 32.7 Å². The van der Waals surface area contributed by atoms with Gasteiger partial charge in [-0.25, -0.2) is 9.97 Å². The molecule has 0 aliphatic carbocycles. The van der Waals surface area contributed by atoms with E-state index in [0.29, 0.717) is 29.9 Å². The molecule has 1 aromatic rings. The van der Waals surface area contributed by atoms with Gasteiger partial charge in [0, 0.05) is 19.6 Å². The zero-order chi connectivity index (χ0) is 15.8. The van der Waals surface area contributed by atoms with Gasteiger partial charge in [-0.2, -0.15) is 0 Å². The molecule has 0 atom stereocenters. The standard InChI is InChI=1S/C15H25ClN4O/c1-5-19(6-2)7-8-20(11-12(3)4)15(21)13-9-18-14(16)10-17-13/h9-10,12H,5-8,11H2,1-4H3. The number of halogens is 1. The lowest BCUT2D eigenvalue weighted by Crippen LogP contribution is -2.40. The molecule has 1 aromatic heterocycles. The Hall–Kier alpha value is -1.20. The molecule has 1 heterocycles. The molecule has 1 amide bonds. The molecule has 0 spiro atoms. The van der Waals surface area contributed by atoms with Crippen LogP contribution in [0.25, 0.3) is 0 Å².